The molecule has 3 nitrogen and oxygen atoms in total. The summed E-state index contributed by atoms with van der Waals surface area (Å²) in [6.07, 6.45) is 2.72. The summed E-state index contributed by atoms with van der Waals surface area (Å²) in [5.41, 5.74) is -0.290. The minimum absolute atomic E-state index is 0.0513. The number of hydrogen-bond acceptors (Lipinski definition) is 2. The van der Waals surface area contributed by atoms with Crippen LogP contribution in [0.1, 0.15) is 53.9 Å². The molecule has 0 aromatic heterocycles. The standard InChI is InChI=1S/C13H27NO2/c1-6-13(7-2,8-9-15)10-14-11(16)12(3,4)5/h15H,6-10H2,1-5H3,(H,14,16). The summed E-state index contributed by atoms with van der Waals surface area (Å²) in [5.74, 6) is 0.0803. The Kier molecular flexibility index (Phi) is 6.01. The normalized spacial score (nSPS) is 12.6. The number of carbonyl (C=O) groups excluding carboxylic acids is 1. The van der Waals surface area contributed by atoms with Crippen LogP contribution in [0.15, 0.2) is 0 Å². The average molecular weight is 229 g/mol. The summed E-state index contributed by atoms with van der Waals surface area (Å²) in [6.45, 7) is 10.8. The van der Waals surface area contributed by atoms with E-state index in [1.54, 1.807) is 0 Å². The highest BCUT2D eigenvalue weighted by Gasteiger charge is 2.28. The monoisotopic (exact) mass is 229 g/mol. The molecule has 0 spiro atoms. The van der Waals surface area contributed by atoms with Gasteiger partial charge in [0.1, 0.15) is 0 Å². The van der Waals surface area contributed by atoms with Crippen LogP contribution in [0.2, 0.25) is 0 Å². The fourth-order valence-electron chi connectivity index (χ4n) is 1.71. The van der Waals surface area contributed by atoms with Crippen molar-refractivity contribution in [3.8, 4) is 0 Å². The highest BCUT2D eigenvalue weighted by molar-refractivity contribution is 5.81. The smallest absolute Gasteiger partial charge is 0.225 e. The van der Waals surface area contributed by atoms with Crippen LogP contribution in [-0.2, 0) is 4.79 Å². The summed E-state index contributed by atoms with van der Waals surface area (Å²) >= 11 is 0. The molecule has 0 fully saturated rings. The van der Waals surface area contributed by atoms with E-state index in [9.17, 15) is 4.79 Å². The van der Waals surface area contributed by atoms with Crippen molar-refractivity contribution in [2.75, 3.05) is 13.2 Å². The molecule has 1 amide bonds. The lowest BCUT2D eigenvalue weighted by Crippen LogP contribution is -2.42. The van der Waals surface area contributed by atoms with Gasteiger partial charge in [0, 0.05) is 18.6 Å². The highest BCUT2D eigenvalue weighted by Crippen LogP contribution is 2.29. The van der Waals surface area contributed by atoms with E-state index in [1.807, 2.05) is 20.8 Å². The molecule has 0 unspecified atom stereocenters. The van der Waals surface area contributed by atoms with E-state index in [0.29, 0.717) is 6.54 Å². The number of aliphatic hydroxyl groups is 1. The van der Waals surface area contributed by atoms with Crippen LogP contribution in [0.25, 0.3) is 0 Å². The molecule has 0 radical (unpaired) electrons. The zero-order valence-corrected chi connectivity index (χ0v) is 11.4. The summed E-state index contributed by atoms with van der Waals surface area (Å²) in [6, 6.07) is 0. The third-order valence-electron chi connectivity index (χ3n) is 3.45. The number of nitrogens with one attached hydrogen (secondary N) is 1. The Balaban J connectivity index is 4.38. The number of carbonyl (C=O) groups is 1. The van der Waals surface area contributed by atoms with E-state index in [-0.39, 0.29) is 23.3 Å². The molecule has 0 aromatic carbocycles. The Morgan fingerprint density at radius 1 is 1.19 bits per heavy atom. The zero-order valence-electron chi connectivity index (χ0n) is 11.4. The van der Waals surface area contributed by atoms with Crippen LogP contribution < -0.4 is 5.32 Å². The Morgan fingerprint density at radius 3 is 2.00 bits per heavy atom. The van der Waals surface area contributed by atoms with Crippen molar-refractivity contribution >= 4 is 5.91 Å². The molecule has 0 bridgehead atoms. The first-order valence-corrected chi connectivity index (χ1v) is 6.20. The van der Waals surface area contributed by atoms with Crippen molar-refractivity contribution < 1.29 is 9.90 Å². The third kappa shape index (κ3) is 4.52. The second-order valence-corrected chi connectivity index (χ2v) is 5.61. The van der Waals surface area contributed by atoms with Gasteiger partial charge in [-0.3, -0.25) is 4.79 Å². The molecule has 0 saturated heterocycles. The van der Waals surface area contributed by atoms with E-state index in [1.165, 1.54) is 0 Å². The van der Waals surface area contributed by atoms with E-state index in [4.69, 9.17) is 5.11 Å². The molecule has 0 aliphatic rings. The molecule has 0 aromatic rings. The fraction of sp³-hybridized carbons (Fsp3) is 0.923. The number of aliphatic hydroxyl groups excluding tert-OH is 1. The van der Waals surface area contributed by atoms with Gasteiger partial charge in [0.05, 0.1) is 0 Å². The zero-order chi connectivity index (χ0) is 12.8. The molecule has 0 aliphatic heterocycles. The molecule has 0 heterocycles. The van der Waals surface area contributed by atoms with Crippen molar-refractivity contribution in [3.05, 3.63) is 0 Å². The van der Waals surface area contributed by atoms with Gasteiger partial charge < -0.3 is 10.4 Å². The number of rotatable bonds is 6. The maximum absolute atomic E-state index is 11.8. The Bertz CT molecular complexity index is 214. The van der Waals surface area contributed by atoms with Gasteiger partial charge in [-0.05, 0) is 24.7 Å². The van der Waals surface area contributed by atoms with Crippen molar-refractivity contribution in [2.24, 2.45) is 10.8 Å². The number of hydrogen-bond donors (Lipinski definition) is 2. The Hall–Kier alpha value is -0.570. The minimum atomic E-state index is -0.341. The van der Waals surface area contributed by atoms with Crippen LogP contribution in [0.3, 0.4) is 0 Å². The van der Waals surface area contributed by atoms with Crippen molar-refractivity contribution in [2.45, 2.75) is 53.9 Å². The Morgan fingerprint density at radius 2 is 1.69 bits per heavy atom. The summed E-state index contributed by atoms with van der Waals surface area (Å²) in [7, 11) is 0. The number of amides is 1. The molecular formula is C13H27NO2. The maximum atomic E-state index is 11.8. The molecular weight excluding hydrogens is 202 g/mol. The van der Waals surface area contributed by atoms with Gasteiger partial charge in [-0.1, -0.05) is 34.6 Å². The SMILES string of the molecule is CCC(CC)(CCO)CNC(=O)C(C)(C)C. The lowest BCUT2D eigenvalue weighted by molar-refractivity contribution is -0.129. The van der Waals surface area contributed by atoms with Crippen LogP contribution in [0, 0.1) is 10.8 Å². The molecule has 0 rings (SSSR count). The minimum Gasteiger partial charge on any atom is -0.396 e. The van der Waals surface area contributed by atoms with Crippen molar-refractivity contribution in [1.82, 2.24) is 5.32 Å². The topological polar surface area (TPSA) is 49.3 Å². The largest absolute Gasteiger partial charge is 0.396 e. The summed E-state index contributed by atoms with van der Waals surface area (Å²) in [5, 5.41) is 12.1. The van der Waals surface area contributed by atoms with Gasteiger partial charge in [-0.15, -0.1) is 0 Å². The molecule has 2 N–H and O–H groups in total. The Labute approximate surface area is 99.6 Å². The van der Waals surface area contributed by atoms with Gasteiger partial charge in [-0.2, -0.15) is 0 Å². The maximum Gasteiger partial charge on any atom is 0.225 e. The predicted molar refractivity (Wildman–Crippen MR) is 67.2 cm³/mol. The van der Waals surface area contributed by atoms with E-state index >= 15 is 0 Å². The third-order valence-corrected chi connectivity index (χ3v) is 3.45. The lowest BCUT2D eigenvalue weighted by Gasteiger charge is -2.32. The van der Waals surface area contributed by atoms with Gasteiger partial charge in [-0.25, -0.2) is 0 Å². The summed E-state index contributed by atoms with van der Waals surface area (Å²) < 4.78 is 0. The predicted octanol–water partition coefficient (Wildman–Crippen LogP) is 2.34. The van der Waals surface area contributed by atoms with Crippen LogP contribution in [-0.4, -0.2) is 24.2 Å². The average Bonchev–Trinajstić information content (AvgIpc) is 2.22. The van der Waals surface area contributed by atoms with Gasteiger partial charge in [0.25, 0.3) is 0 Å². The van der Waals surface area contributed by atoms with Crippen LogP contribution in [0.5, 0.6) is 0 Å². The quantitative estimate of drug-likeness (QED) is 0.734. The van der Waals surface area contributed by atoms with Gasteiger partial charge >= 0.3 is 0 Å². The summed E-state index contributed by atoms with van der Waals surface area (Å²) in [4.78, 5) is 11.8. The van der Waals surface area contributed by atoms with Gasteiger partial charge in [0.15, 0.2) is 0 Å². The molecule has 0 saturated carbocycles. The fourth-order valence-corrected chi connectivity index (χ4v) is 1.71. The van der Waals surface area contributed by atoms with Crippen LogP contribution in [0.4, 0.5) is 0 Å². The van der Waals surface area contributed by atoms with Crippen LogP contribution >= 0.6 is 0 Å². The highest BCUT2D eigenvalue weighted by atomic mass is 16.3. The van der Waals surface area contributed by atoms with Gasteiger partial charge in [0.2, 0.25) is 5.91 Å². The second kappa shape index (κ2) is 6.24. The van der Waals surface area contributed by atoms with Crippen molar-refractivity contribution in [3.63, 3.8) is 0 Å². The molecule has 0 aliphatic carbocycles. The molecule has 96 valence electrons. The first kappa shape index (κ1) is 15.4. The lowest BCUT2D eigenvalue weighted by atomic mass is 9.79. The van der Waals surface area contributed by atoms with E-state index < -0.39 is 0 Å². The van der Waals surface area contributed by atoms with E-state index in [2.05, 4.69) is 19.2 Å². The molecule has 0 atom stereocenters. The van der Waals surface area contributed by atoms with E-state index in [0.717, 1.165) is 19.3 Å². The first-order chi connectivity index (χ1) is 7.31. The molecule has 3 heteroatoms. The van der Waals surface area contributed by atoms with Crippen molar-refractivity contribution in [1.29, 1.82) is 0 Å². The second-order valence-electron chi connectivity index (χ2n) is 5.61. The molecule has 16 heavy (non-hydrogen) atoms. The first-order valence-electron chi connectivity index (χ1n) is 6.20.